The van der Waals surface area contributed by atoms with Crippen LogP contribution in [-0.2, 0) is 10.0 Å². The monoisotopic (exact) mass is 735 g/mol. The van der Waals surface area contributed by atoms with Gasteiger partial charge in [-0.2, -0.15) is 8.78 Å². The van der Waals surface area contributed by atoms with Crippen LogP contribution in [-0.4, -0.2) is 58.5 Å². The van der Waals surface area contributed by atoms with Gasteiger partial charge < -0.3 is 15.0 Å². The number of rotatable bonds is 13. The van der Waals surface area contributed by atoms with Crippen molar-refractivity contribution in [3.05, 3.63) is 119 Å². The molecule has 2 N–H and O–H groups in total. The highest BCUT2D eigenvalue weighted by molar-refractivity contribution is 7.89. The Hall–Kier alpha value is -4.94. The van der Waals surface area contributed by atoms with Crippen molar-refractivity contribution >= 4 is 43.5 Å². The lowest BCUT2D eigenvalue weighted by atomic mass is 9.87. The average Bonchev–Trinajstić information content (AvgIpc) is 3.15. The Labute approximate surface area is 302 Å². The maximum absolute atomic E-state index is 15.7. The molecule has 0 unspecified atom stereocenters. The van der Waals surface area contributed by atoms with Crippen LogP contribution in [0.2, 0.25) is 0 Å². The number of halogens is 4. The Bertz CT molecular complexity index is 2190. The number of nitrogens with zero attached hydrogens (tertiary/aromatic N) is 2. The van der Waals surface area contributed by atoms with Crippen molar-refractivity contribution in [2.75, 3.05) is 50.0 Å². The van der Waals surface area contributed by atoms with Crippen molar-refractivity contribution in [3.63, 3.8) is 0 Å². The third kappa shape index (κ3) is 7.22. The van der Waals surface area contributed by atoms with Crippen molar-refractivity contribution in [1.29, 1.82) is 0 Å². The lowest BCUT2D eigenvalue weighted by molar-refractivity contribution is -0.519. The second-order valence-electron chi connectivity index (χ2n) is 11.9. The summed E-state index contributed by atoms with van der Waals surface area (Å²) in [5, 5.41) is 5.21. The highest BCUT2D eigenvalue weighted by atomic mass is 32.2. The molecule has 0 saturated heterocycles. The first-order valence-corrected chi connectivity index (χ1v) is 18.8. The quantitative estimate of drug-likeness (QED) is 0.0816. The molecule has 0 atom stereocenters. The Morgan fingerprint density at radius 1 is 0.769 bits per heavy atom. The van der Waals surface area contributed by atoms with Gasteiger partial charge in [-0.25, -0.2) is 26.5 Å². The number of allylic oxidation sites excluding steroid dienone is 5. The fourth-order valence-corrected chi connectivity index (χ4v) is 7.32. The molecule has 0 amide bonds. The first kappa shape index (κ1) is 38.3. The van der Waals surface area contributed by atoms with E-state index in [-0.39, 0.29) is 5.75 Å². The largest absolute Gasteiger partial charge is 0.450 e. The first-order valence-electron chi connectivity index (χ1n) is 17.3. The van der Waals surface area contributed by atoms with Gasteiger partial charge in [0, 0.05) is 65.8 Å². The number of hydrogen-bond donors (Lipinski definition) is 2. The number of sulfonamides is 1. The molecule has 0 aliphatic heterocycles. The van der Waals surface area contributed by atoms with E-state index < -0.39 is 43.9 Å². The van der Waals surface area contributed by atoms with Gasteiger partial charge in [0.15, 0.2) is 22.2 Å². The minimum atomic E-state index is -4.91. The SMILES string of the molecule is CCNc1ccc(C(=C2C=CC(=[N+](CC)CC)C=C2)c2ccc(N(CC)CC)cc2Oc2c(F)c(F)c(S(=O)(=O)NC)c(F)c2F)c2ccccc12. The fourth-order valence-electron chi connectivity index (χ4n) is 6.46. The first-order chi connectivity index (χ1) is 25.0. The molecule has 0 heterocycles. The maximum atomic E-state index is 15.7. The molecule has 0 radical (unpaired) electrons. The lowest BCUT2D eigenvalue weighted by Gasteiger charge is -2.25. The van der Waals surface area contributed by atoms with Crippen LogP contribution in [0.25, 0.3) is 16.3 Å². The third-order valence-corrected chi connectivity index (χ3v) is 10.6. The van der Waals surface area contributed by atoms with Crippen LogP contribution in [0, 0.1) is 23.3 Å². The van der Waals surface area contributed by atoms with E-state index in [9.17, 15) is 8.42 Å². The van der Waals surface area contributed by atoms with E-state index in [0.29, 0.717) is 36.5 Å². The zero-order chi connectivity index (χ0) is 37.7. The van der Waals surface area contributed by atoms with Gasteiger partial charge in [-0.3, -0.25) is 0 Å². The van der Waals surface area contributed by atoms with E-state index in [1.807, 2.05) is 92.4 Å². The number of ether oxygens (including phenoxy) is 1. The van der Waals surface area contributed by atoms with Crippen molar-refractivity contribution in [1.82, 2.24) is 4.72 Å². The minimum Gasteiger partial charge on any atom is -0.450 e. The summed E-state index contributed by atoms with van der Waals surface area (Å²) >= 11 is 0. The smallest absolute Gasteiger partial charge is 0.246 e. The molecule has 0 fully saturated rings. The second kappa shape index (κ2) is 16.2. The zero-order valence-electron chi connectivity index (χ0n) is 30.1. The topological polar surface area (TPSA) is 73.7 Å². The Kier molecular flexibility index (Phi) is 11.9. The van der Waals surface area contributed by atoms with Crippen molar-refractivity contribution in [3.8, 4) is 11.5 Å². The molecular weight excluding hydrogens is 693 g/mol. The van der Waals surface area contributed by atoms with Gasteiger partial charge >= 0.3 is 0 Å². The van der Waals surface area contributed by atoms with Crippen LogP contribution in [0.15, 0.2) is 89.4 Å². The van der Waals surface area contributed by atoms with Crippen molar-refractivity contribution in [2.45, 2.75) is 39.5 Å². The standard InChI is InChI=1S/C40H42F4N4O3S/c1-7-46-32-23-22-30(28-14-12-13-15-29(28)32)34(25-16-18-26(19-17-25)47(8-2)9-3)31-21-20-27(48(10-4)11-5)24-33(31)51-39-35(41)37(43)40(38(44)36(39)42)52(49,50)45-6/h12-24,45H,7-11H2,1-6H3/p+1. The van der Waals surface area contributed by atoms with Gasteiger partial charge in [-0.05, 0) is 88.5 Å². The summed E-state index contributed by atoms with van der Waals surface area (Å²) < 4.78 is 96.6. The molecule has 0 spiro atoms. The van der Waals surface area contributed by atoms with E-state index >= 15 is 17.6 Å². The van der Waals surface area contributed by atoms with Crippen LogP contribution in [0.5, 0.6) is 11.5 Å². The van der Waals surface area contributed by atoms with Gasteiger partial charge in [-0.1, -0.05) is 30.3 Å². The molecule has 0 saturated carbocycles. The molecule has 5 rings (SSSR count). The van der Waals surface area contributed by atoms with Crippen LogP contribution < -0.4 is 19.7 Å². The van der Waals surface area contributed by atoms with Crippen LogP contribution in [0.3, 0.4) is 0 Å². The molecule has 1 aliphatic carbocycles. The van der Waals surface area contributed by atoms with Crippen molar-refractivity contribution < 1.29 is 35.3 Å². The molecular formula is C40H43F4N4O3S+. The highest BCUT2D eigenvalue weighted by Crippen LogP contribution is 2.44. The number of nitrogens with one attached hydrogen (secondary N) is 2. The van der Waals surface area contributed by atoms with E-state index in [2.05, 4.69) is 23.7 Å². The lowest BCUT2D eigenvalue weighted by Crippen LogP contribution is -2.23. The Morgan fingerprint density at radius 2 is 1.37 bits per heavy atom. The summed E-state index contributed by atoms with van der Waals surface area (Å²) in [4.78, 5) is 0.203. The number of fused-ring (bicyclic) bond motifs is 1. The normalized spacial score (nSPS) is 12.8. The van der Waals surface area contributed by atoms with E-state index in [0.717, 1.165) is 53.4 Å². The summed E-state index contributed by atoms with van der Waals surface area (Å²) in [7, 11) is -4.03. The second-order valence-corrected chi connectivity index (χ2v) is 13.7. The predicted molar refractivity (Wildman–Crippen MR) is 201 cm³/mol. The molecule has 7 nitrogen and oxygen atoms in total. The number of hydrogen-bond acceptors (Lipinski definition) is 5. The summed E-state index contributed by atoms with van der Waals surface area (Å²) in [6.07, 6.45) is 7.90. The molecule has 12 heteroatoms. The van der Waals surface area contributed by atoms with Crippen molar-refractivity contribution in [2.24, 2.45) is 0 Å². The van der Waals surface area contributed by atoms with Gasteiger partial charge in [-0.15, -0.1) is 0 Å². The van der Waals surface area contributed by atoms with Gasteiger partial charge in [0.25, 0.3) is 0 Å². The van der Waals surface area contributed by atoms with Crippen LogP contribution in [0.1, 0.15) is 45.7 Å². The average molecular weight is 736 g/mol. The predicted octanol–water partition coefficient (Wildman–Crippen LogP) is 8.80. The molecule has 1 aliphatic rings. The van der Waals surface area contributed by atoms with Crippen LogP contribution >= 0.6 is 0 Å². The summed E-state index contributed by atoms with van der Waals surface area (Å²) in [5.74, 6) is -9.70. The van der Waals surface area contributed by atoms with Crippen LogP contribution in [0.4, 0.5) is 28.9 Å². The fraction of sp³-hybridized carbons (Fsp3) is 0.275. The minimum absolute atomic E-state index is 0.104. The Morgan fingerprint density at radius 3 is 1.92 bits per heavy atom. The van der Waals surface area contributed by atoms with Gasteiger partial charge in [0.1, 0.15) is 18.8 Å². The maximum Gasteiger partial charge on any atom is 0.246 e. The molecule has 52 heavy (non-hydrogen) atoms. The summed E-state index contributed by atoms with van der Waals surface area (Å²) in [6, 6.07) is 16.9. The molecule has 0 aromatic heterocycles. The summed E-state index contributed by atoms with van der Waals surface area (Å²) in [6.45, 7) is 13.5. The number of benzene rings is 4. The molecule has 0 bridgehead atoms. The zero-order valence-corrected chi connectivity index (χ0v) is 30.9. The van der Waals surface area contributed by atoms with E-state index in [1.165, 1.54) is 0 Å². The Balaban J connectivity index is 1.86. The molecule has 4 aromatic carbocycles. The van der Waals surface area contributed by atoms with Gasteiger partial charge in [0.05, 0.1) is 0 Å². The van der Waals surface area contributed by atoms with E-state index in [4.69, 9.17) is 4.74 Å². The molecule has 4 aromatic rings. The third-order valence-electron chi connectivity index (χ3n) is 9.14. The summed E-state index contributed by atoms with van der Waals surface area (Å²) in [5.41, 5.74) is 5.05. The van der Waals surface area contributed by atoms with E-state index in [1.54, 1.807) is 16.9 Å². The highest BCUT2D eigenvalue weighted by Gasteiger charge is 2.34. The molecule has 274 valence electrons. The number of anilines is 2. The van der Waals surface area contributed by atoms with Gasteiger partial charge in [0.2, 0.25) is 27.4 Å².